The quantitative estimate of drug-likeness (QED) is 0.391. The Labute approximate surface area is 181 Å². The second kappa shape index (κ2) is 9.84. The van der Waals surface area contributed by atoms with E-state index in [0.717, 1.165) is 23.4 Å². The van der Waals surface area contributed by atoms with E-state index in [1.54, 1.807) is 12.1 Å². The summed E-state index contributed by atoms with van der Waals surface area (Å²) < 4.78 is 0. The molecule has 0 aromatic heterocycles. The van der Waals surface area contributed by atoms with Crippen LogP contribution in [0.2, 0.25) is 0 Å². The highest BCUT2D eigenvalue weighted by atomic mass is 32.2. The molecule has 1 unspecified atom stereocenters. The zero-order chi connectivity index (χ0) is 21.7. The van der Waals surface area contributed by atoms with Gasteiger partial charge in [0.15, 0.2) is 0 Å². The molecule has 2 aromatic rings. The summed E-state index contributed by atoms with van der Waals surface area (Å²) in [5, 5.41) is 14.4. The van der Waals surface area contributed by atoms with Gasteiger partial charge in [0.05, 0.1) is 4.92 Å². The van der Waals surface area contributed by atoms with Gasteiger partial charge in [0, 0.05) is 59.8 Å². The van der Waals surface area contributed by atoms with E-state index in [-0.39, 0.29) is 11.7 Å². The second-order valence-electron chi connectivity index (χ2n) is 7.49. The van der Waals surface area contributed by atoms with Crippen LogP contribution in [0.3, 0.4) is 0 Å². The molecule has 0 aliphatic carbocycles. The van der Waals surface area contributed by atoms with Crippen molar-refractivity contribution in [2.75, 3.05) is 36.4 Å². The number of urea groups is 1. The largest absolute Gasteiger partial charge is 0.368 e. The fourth-order valence-corrected chi connectivity index (χ4v) is 4.34. The number of hydrogen-bond donors (Lipinski definition) is 1. The Bertz CT molecular complexity index is 896. The lowest BCUT2D eigenvalue weighted by Gasteiger charge is -2.36. The predicted molar refractivity (Wildman–Crippen MR) is 123 cm³/mol. The molecule has 3 rings (SSSR count). The maximum atomic E-state index is 12.7. The SMILES string of the molecule is CCC(C)Sc1ccc(NC(=O)N2CCN(c3ccc([N+](=O)[O-])cc3)CC2)c(C)c1. The monoisotopic (exact) mass is 428 g/mol. The van der Waals surface area contributed by atoms with Crippen molar-refractivity contribution in [2.24, 2.45) is 0 Å². The van der Waals surface area contributed by atoms with Crippen LogP contribution in [0.1, 0.15) is 25.8 Å². The van der Waals surface area contributed by atoms with Crippen molar-refractivity contribution in [3.05, 3.63) is 58.1 Å². The predicted octanol–water partition coefficient (Wildman–Crippen LogP) is 5.15. The number of anilines is 2. The van der Waals surface area contributed by atoms with Gasteiger partial charge in [-0.05, 0) is 49.2 Å². The Hall–Kier alpha value is -2.74. The van der Waals surface area contributed by atoms with Crippen LogP contribution in [-0.4, -0.2) is 47.3 Å². The van der Waals surface area contributed by atoms with E-state index in [2.05, 4.69) is 36.2 Å². The highest BCUT2D eigenvalue weighted by Gasteiger charge is 2.22. The minimum atomic E-state index is -0.399. The van der Waals surface area contributed by atoms with Crippen molar-refractivity contribution in [3.63, 3.8) is 0 Å². The van der Waals surface area contributed by atoms with E-state index in [4.69, 9.17) is 0 Å². The molecule has 7 nitrogen and oxygen atoms in total. The first kappa shape index (κ1) is 22.0. The molecule has 30 heavy (non-hydrogen) atoms. The molecular weight excluding hydrogens is 400 g/mol. The second-order valence-corrected chi connectivity index (χ2v) is 9.00. The standard InChI is InChI=1S/C22H28N4O3S/c1-4-17(3)30-20-9-10-21(16(2)15-20)23-22(27)25-13-11-24(12-14-25)18-5-7-19(8-6-18)26(28)29/h5-10,15,17H,4,11-14H2,1-3H3,(H,23,27). The first-order valence-corrected chi connectivity index (χ1v) is 11.1. The van der Waals surface area contributed by atoms with Crippen molar-refractivity contribution in [1.82, 2.24) is 4.90 Å². The molecule has 8 heteroatoms. The maximum absolute atomic E-state index is 12.7. The van der Waals surface area contributed by atoms with E-state index >= 15 is 0 Å². The Balaban J connectivity index is 1.54. The number of nitrogens with zero attached hydrogens (tertiary/aromatic N) is 3. The number of amides is 2. The fraction of sp³-hybridized carbons (Fsp3) is 0.409. The van der Waals surface area contributed by atoms with Crippen molar-refractivity contribution >= 4 is 34.9 Å². The minimum Gasteiger partial charge on any atom is -0.368 e. The Morgan fingerprint density at radius 2 is 1.83 bits per heavy atom. The van der Waals surface area contributed by atoms with Crippen LogP contribution in [0.15, 0.2) is 47.4 Å². The van der Waals surface area contributed by atoms with Crippen LogP contribution >= 0.6 is 11.8 Å². The third-order valence-electron chi connectivity index (χ3n) is 5.34. The number of nitro benzene ring substituents is 1. The number of carbonyl (C=O) groups excluding carboxylic acids is 1. The number of non-ortho nitro benzene ring substituents is 1. The van der Waals surface area contributed by atoms with Gasteiger partial charge in [-0.25, -0.2) is 4.79 Å². The van der Waals surface area contributed by atoms with Crippen LogP contribution < -0.4 is 10.2 Å². The van der Waals surface area contributed by atoms with Gasteiger partial charge in [-0.3, -0.25) is 10.1 Å². The summed E-state index contributed by atoms with van der Waals surface area (Å²) in [5.41, 5.74) is 2.92. The highest BCUT2D eigenvalue weighted by Crippen LogP contribution is 2.29. The van der Waals surface area contributed by atoms with Crippen LogP contribution in [0, 0.1) is 17.0 Å². The number of nitro groups is 1. The summed E-state index contributed by atoms with van der Waals surface area (Å²) in [4.78, 5) is 28.3. The van der Waals surface area contributed by atoms with Crippen LogP contribution in [0.5, 0.6) is 0 Å². The number of rotatable bonds is 6. The average Bonchev–Trinajstić information content (AvgIpc) is 2.75. The van der Waals surface area contributed by atoms with Crippen molar-refractivity contribution in [2.45, 2.75) is 37.3 Å². The van der Waals surface area contributed by atoms with E-state index in [1.165, 1.54) is 17.0 Å². The molecule has 1 saturated heterocycles. The van der Waals surface area contributed by atoms with Gasteiger partial charge in [-0.2, -0.15) is 0 Å². The van der Waals surface area contributed by atoms with E-state index < -0.39 is 4.92 Å². The lowest BCUT2D eigenvalue weighted by Crippen LogP contribution is -2.50. The van der Waals surface area contributed by atoms with Crippen molar-refractivity contribution in [3.8, 4) is 0 Å². The molecule has 2 amide bonds. The number of piperazine rings is 1. The summed E-state index contributed by atoms with van der Waals surface area (Å²) in [6, 6.07) is 12.6. The molecule has 1 N–H and O–H groups in total. The topological polar surface area (TPSA) is 78.7 Å². The zero-order valence-corrected chi connectivity index (χ0v) is 18.4. The molecule has 0 bridgehead atoms. The third kappa shape index (κ3) is 5.44. The molecule has 1 heterocycles. The lowest BCUT2D eigenvalue weighted by molar-refractivity contribution is -0.384. The van der Waals surface area contributed by atoms with E-state index in [1.807, 2.05) is 29.7 Å². The minimum absolute atomic E-state index is 0.0840. The first-order chi connectivity index (χ1) is 14.4. The fourth-order valence-electron chi connectivity index (χ4n) is 3.31. The molecule has 1 fully saturated rings. The third-order valence-corrected chi connectivity index (χ3v) is 6.61. The molecule has 2 aromatic carbocycles. The summed E-state index contributed by atoms with van der Waals surface area (Å²) in [6.07, 6.45) is 1.12. The van der Waals surface area contributed by atoms with Gasteiger partial charge in [0.2, 0.25) is 0 Å². The molecule has 1 aliphatic heterocycles. The zero-order valence-electron chi connectivity index (χ0n) is 17.6. The Morgan fingerprint density at radius 3 is 2.40 bits per heavy atom. The average molecular weight is 429 g/mol. The summed E-state index contributed by atoms with van der Waals surface area (Å²) in [7, 11) is 0. The van der Waals surface area contributed by atoms with Gasteiger partial charge in [0.25, 0.3) is 5.69 Å². The van der Waals surface area contributed by atoms with Gasteiger partial charge in [-0.15, -0.1) is 11.8 Å². The number of hydrogen-bond acceptors (Lipinski definition) is 5. The van der Waals surface area contributed by atoms with E-state index in [0.29, 0.717) is 31.4 Å². The molecule has 160 valence electrons. The first-order valence-electron chi connectivity index (χ1n) is 10.2. The van der Waals surface area contributed by atoms with Crippen molar-refractivity contribution < 1.29 is 9.72 Å². The molecule has 1 aliphatic rings. The maximum Gasteiger partial charge on any atom is 0.321 e. The van der Waals surface area contributed by atoms with Crippen LogP contribution in [0.25, 0.3) is 0 Å². The summed E-state index contributed by atoms with van der Waals surface area (Å²) in [6.45, 7) is 8.99. The summed E-state index contributed by atoms with van der Waals surface area (Å²) >= 11 is 1.85. The molecule has 1 atom stereocenters. The smallest absolute Gasteiger partial charge is 0.321 e. The number of carbonyl (C=O) groups is 1. The van der Waals surface area contributed by atoms with Gasteiger partial charge < -0.3 is 15.1 Å². The Kier molecular flexibility index (Phi) is 7.20. The van der Waals surface area contributed by atoms with Gasteiger partial charge >= 0.3 is 6.03 Å². The Morgan fingerprint density at radius 1 is 1.17 bits per heavy atom. The number of benzene rings is 2. The molecule has 0 radical (unpaired) electrons. The highest BCUT2D eigenvalue weighted by molar-refractivity contribution is 7.99. The molecule has 0 spiro atoms. The van der Waals surface area contributed by atoms with E-state index in [9.17, 15) is 14.9 Å². The van der Waals surface area contributed by atoms with Crippen molar-refractivity contribution in [1.29, 1.82) is 0 Å². The number of aryl methyl sites for hydroxylation is 1. The van der Waals surface area contributed by atoms with Crippen LogP contribution in [-0.2, 0) is 0 Å². The number of nitrogens with one attached hydrogen (secondary N) is 1. The summed E-state index contributed by atoms with van der Waals surface area (Å²) in [5.74, 6) is 0. The molecular formula is C22H28N4O3S. The number of thioether (sulfide) groups is 1. The van der Waals surface area contributed by atoms with Crippen LogP contribution in [0.4, 0.5) is 21.9 Å². The molecule has 0 saturated carbocycles. The normalized spacial score (nSPS) is 15.0. The van der Waals surface area contributed by atoms with Gasteiger partial charge in [0.1, 0.15) is 0 Å². The lowest BCUT2D eigenvalue weighted by atomic mass is 10.2. The van der Waals surface area contributed by atoms with Gasteiger partial charge in [-0.1, -0.05) is 13.8 Å².